The first-order valence-corrected chi connectivity index (χ1v) is 4.50. The second-order valence-corrected chi connectivity index (χ2v) is 3.05. The lowest BCUT2D eigenvalue weighted by Gasteiger charge is -1.91. The minimum absolute atomic E-state index is 0.248. The number of carbonyl (C=O) groups is 1. The maximum atomic E-state index is 10.6. The number of allylic oxidation sites excluding steroid dienone is 1. The van der Waals surface area contributed by atoms with Gasteiger partial charge in [-0.1, -0.05) is 42.5 Å². The van der Waals surface area contributed by atoms with Gasteiger partial charge in [-0.2, -0.15) is 0 Å². The fourth-order valence-corrected chi connectivity index (χ4v) is 1.07. The SMILES string of the molecule is CC(=O)CCC=Cc1ccccc1. The molecule has 1 heteroatoms. The molecule has 0 amide bonds. The van der Waals surface area contributed by atoms with Crippen LogP contribution in [0.4, 0.5) is 0 Å². The summed E-state index contributed by atoms with van der Waals surface area (Å²) in [6.45, 7) is 1.62. The summed E-state index contributed by atoms with van der Waals surface area (Å²) in [5.41, 5.74) is 1.19. The van der Waals surface area contributed by atoms with Gasteiger partial charge >= 0.3 is 0 Å². The van der Waals surface area contributed by atoms with Crippen LogP contribution in [0.5, 0.6) is 0 Å². The summed E-state index contributed by atoms with van der Waals surface area (Å²) in [7, 11) is 0. The molecule has 0 bridgehead atoms. The first-order chi connectivity index (χ1) is 6.29. The van der Waals surface area contributed by atoms with Gasteiger partial charge in [0.05, 0.1) is 0 Å². The molecule has 0 spiro atoms. The molecule has 1 aromatic rings. The van der Waals surface area contributed by atoms with E-state index in [0.29, 0.717) is 6.42 Å². The van der Waals surface area contributed by atoms with Gasteiger partial charge in [0.15, 0.2) is 0 Å². The van der Waals surface area contributed by atoms with E-state index in [0.717, 1.165) is 6.42 Å². The van der Waals surface area contributed by atoms with Crippen LogP contribution in [0.25, 0.3) is 6.08 Å². The van der Waals surface area contributed by atoms with Crippen molar-refractivity contribution in [1.29, 1.82) is 0 Å². The van der Waals surface area contributed by atoms with E-state index in [9.17, 15) is 4.79 Å². The second-order valence-electron chi connectivity index (χ2n) is 3.05. The number of carbonyl (C=O) groups excluding carboxylic acids is 1. The molecule has 0 N–H and O–H groups in total. The largest absolute Gasteiger partial charge is 0.300 e. The molecule has 1 rings (SSSR count). The molecule has 0 heterocycles. The molecule has 0 saturated heterocycles. The zero-order valence-corrected chi connectivity index (χ0v) is 7.86. The minimum Gasteiger partial charge on any atom is -0.300 e. The van der Waals surface area contributed by atoms with E-state index in [4.69, 9.17) is 0 Å². The highest BCUT2D eigenvalue weighted by atomic mass is 16.1. The monoisotopic (exact) mass is 174 g/mol. The molecule has 0 fully saturated rings. The first-order valence-electron chi connectivity index (χ1n) is 4.50. The third kappa shape index (κ3) is 4.26. The van der Waals surface area contributed by atoms with Crippen molar-refractivity contribution in [2.24, 2.45) is 0 Å². The van der Waals surface area contributed by atoms with Crippen LogP contribution in [0.3, 0.4) is 0 Å². The molecule has 0 aliphatic heterocycles. The van der Waals surface area contributed by atoms with Crippen molar-refractivity contribution in [3.63, 3.8) is 0 Å². The highest BCUT2D eigenvalue weighted by Crippen LogP contribution is 2.02. The normalized spacial score (nSPS) is 10.5. The molecule has 0 saturated carbocycles. The Labute approximate surface area is 79.1 Å². The predicted octanol–water partition coefficient (Wildman–Crippen LogP) is 3.07. The summed E-state index contributed by atoms with van der Waals surface area (Å²) in [4.78, 5) is 10.6. The predicted molar refractivity (Wildman–Crippen MR) is 55.4 cm³/mol. The van der Waals surface area contributed by atoms with Crippen LogP contribution in [-0.4, -0.2) is 5.78 Å². The Kier molecular flexibility index (Phi) is 3.97. The third-order valence-electron chi connectivity index (χ3n) is 1.77. The van der Waals surface area contributed by atoms with E-state index in [1.54, 1.807) is 6.92 Å². The minimum atomic E-state index is 0.248. The van der Waals surface area contributed by atoms with Crippen molar-refractivity contribution >= 4 is 11.9 Å². The van der Waals surface area contributed by atoms with Crippen molar-refractivity contribution in [3.05, 3.63) is 42.0 Å². The van der Waals surface area contributed by atoms with Gasteiger partial charge in [0.2, 0.25) is 0 Å². The Morgan fingerprint density at radius 1 is 1.31 bits per heavy atom. The topological polar surface area (TPSA) is 17.1 Å². The number of hydrogen-bond acceptors (Lipinski definition) is 1. The van der Waals surface area contributed by atoms with Crippen molar-refractivity contribution in [3.8, 4) is 0 Å². The maximum Gasteiger partial charge on any atom is 0.130 e. The van der Waals surface area contributed by atoms with Gasteiger partial charge in [0.1, 0.15) is 5.78 Å². The molecule has 0 aliphatic rings. The van der Waals surface area contributed by atoms with Crippen LogP contribution >= 0.6 is 0 Å². The summed E-state index contributed by atoms with van der Waals surface area (Å²) in [5, 5.41) is 0. The molecule has 0 aliphatic carbocycles. The second kappa shape index (κ2) is 5.31. The van der Waals surface area contributed by atoms with Crippen LogP contribution in [0, 0.1) is 0 Å². The van der Waals surface area contributed by atoms with E-state index < -0.39 is 0 Å². The number of Topliss-reactive ketones (excluding diaryl/α,β-unsaturated/α-hetero) is 1. The fourth-order valence-electron chi connectivity index (χ4n) is 1.07. The van der Waals surface area contributed by atoms with Crippen LogP contribution < -0.4 is 0 Å². The molecule has 0 atom stereocenters. The lowest BCUT2D eigenvalue weighted by molar-refractivity contribution is -0.116. The standard InChI is InChI=1S/C12H14O/c1-11(13)7-5-6-10-12-8-3-2-4-9-12/h2-4,6,8-10H,5,7H2,1H3. The van der Waals surface area contributed by atoms with Crippen molar-refractivity contribution < 1.29 is 4.79 Å². The highest BCUT2D eigenvalue weighted by molar-refractivity contribution is 5.75. The van der Waals surface area contributed by atoms with Crippen molar-refractivity contribution in [2.45, 2.75) is 19.8 Å². The van der Waals surface area contributed by atoms with Crippen LogP contribution in [0.1, 0.15) is 25.3 Å². The molecule has 0 radical (unpaired) electrons. The summed E-state index contributed by atoms with van der Waals surface area (Å²) < 4.78 is 0. The van der Waals surface area contributed by atoms with Crippen LogP contribution in [-0.2, 0) is 4.79 Å². The summed E-state index contributed by atoms with van der Waals surface area (Å²) in [6.07, 6.45) is 5.56. The Morgan fingerprint density at radius 3 is 2.62 bits per heavy atom. The molecule has 68 valence electrons. The Hall–Kier alpha value is -1.37. The first kappa shape index (κ1) is 9.72. The van der Waals surface area contributed by atoms with Crippen molar-refractivity contribution in [2.75, 3.05) is 0 Å². The number of ketones is 1. The van der Waals surface area contributed by atoms with Gasteiger partial charge in [0, 0.05) is 6.42 Å². The van der Waals surface area contributed by atoms with E-state index >= 15 is 0 Å². The quantitative estimate of drug-likeness (QED) is 0.685. The smallest absolute Gasteiger partial charge is 0.130 e. The molecule has 0 aromatic heterocycles. The zero-order valence-electron chi connectivity index (χ0n) is 7.86. The van der Waals surface area contributed by atoms with Gasteiger partial charge < -0.3 is 4.79 Å². The molecule has 13 heavy (non-hydrogen) atoms. The Balaban J connectivity index is 2.37. The lowest BCUT2D eigenvalue weighted by Crippen LogP contribution is -1.86. The zero-order chi connectivity index (χ0) is 9.52. The van der Waals surface area contributed by atoms with Gasteiger partial charge in [-0.25, -0.2) is 0 Å². The average molecular weight is 174 g/mol. The summed E-state index contributed by atoms with van der Waals surface area (Å²) in [5.74, 6) is 0.248. The van der Waals surface area contributed by atoms with Gasteiger partial charge in [-0.3, -0.25) is 0 Å². The third-order valence-corrected chi connectivity index (χ3v) is 1.77. The van der Waals surface area contributed by atoms with Crippen molar-refractivity contribution in [1.82, 2.24) is 0 Å². The molecular formula is C12H14O. The molecular weight excluding hydrogens is 160 g/mol. The molecule has 1 nitrogen and oxygen atoms in total. The van der Waals surface area contributed by atoms with E-state index in [2.05, 4.69) is 0 Å². The summed E-state index contributed by atoms with van der Waals surface area (Å²) >= 11 is 0. The van der Waals surface area contributed by atoms with E-state index in [1.807, 2.05) is 42.5 Å². The van der Waals surface area contributed by atoms with E-state index in [-0.39, 0.29) is 5.78 Å². The lowest BCUT2D eigenvalue weighted by atomic mass is 10.1. The van der Waals surface area contributed by atoms with Gasteiger partial charge in [0.25, 0.3) is 0 Å². The van der Waals surface area contributed by atoms with Crippen LogP contribution in [0.2, 0.25) is 0 Å². The average Bonchev–Trinajstić information content (AvgIpc) is 2.14. The fraction of sp³-hybridized carbons (Fsp3) is 0.250. The van der Waals surface area contributed by atoms with Gasteiger partial charge in [-0.15, -0.1) is 0 Å². The Bertz CT molecular complexity index is 285. The summed E-state index contributed by atoms with van der Waals surface area (Å²) in [6, 6.07) is 10.1. The van der Waals surface area contributed by atoms with Crippen LogP contribution in [0.15, 0.2) is 36.4 Å². The number of hydrogen-bond donors (Lipinski definition) is 0. The molecule has 1 aromatic carbocycles. The maximum absolute atomic E-state index is 10.6. The number of rotatable bonds is 4. The highest BCUT2D eigenvalue weighted by Gasteiger charge is 1.88. The van der Waals surface area contributed by atoms with Gasteiger partial charge in [-0.05, 0) is 18.9 Å². The molecule has 0 unspecified atom stereocenters. The number of benzene rings is 1. The van der Waals surface area contributed by atoms with E-state index in [1.165, 1.54) is 5.56 Å². The Morgan fingerprint density at radius 2 is 2.00 bits per heavy atom.